The summed E-state index contributed by atoms with van der Waals surface area (Å²) in [5.41, 5.74) is 4.88. The van der Waals surface area contributed by atoms with Gasteiger partial charge in [0, 0.05) is 11.1 Å². The summed E-state index contributed by atoms with van der Waals surface area (Å²) in [6.45, 7) is 6.05. The Morgan fingerprint density at radius 2 is 1.58 bits per heavy atom. The standard InChI is InChI=1S/C16H17OP.Li.H/c1-10-8-11(2)15(12(3)9-10)16(17)13-6-4-5-7-14(13)18;;/h4-9H,18H2,1-3H3;;/q;+1;-1. The van der Waals surface area contributed by atoms with E-state index in [1.54, 1.807) is 0 Å². The molecule has 0 aromatic heterocycles. The van der Waals surface area contributed by atoms with E-state index in [2.05, 4.69) is 28.3 Å². The van der Waals surface area contributed by atoms with E-state index in [0.29, 0.717) is 0 Å². The van der Waals surface area contributed by atoms with E-state index in [9.17, 15) is 4.79 Å². The van der Waals surface area contributed by atoms with Gasteiger partial charge in [-0.1, -0.05) is 42.0 Å². The zero-order valence-corrected chi connectivity index (χ0v) is 13.1. The minimum absolute atomic E-state index is 0. The van der Waals surface area contributed by atoms with Crippen LogP contribution < -0.4 is 24.2 Å². The maximum absolute atomic E-state index is 12.6. The van der Waals surface area contributed by atoms with Crippen LogP contribution in [0, 0.1) is 20.8 Å². The minimum atomic E-state index is 0. The molecule has 0 aliphatic heterocycles. The molecular formula is C16H18LiOP. The maximum atomic E-state index is 12.6. The summed E-state index contributed by atoms with van der Waals surface area (Å²) in [7, 11) is 2.63. The van der Waals surface area contributed by atoms with Gasteiger partial charge < -0.3 is 1.43 Å². The van der Waals surface area contributed by atoms with Gasteiger partial charge in [0.25, 0.3) is 0 Å². The van der Waals surface area contributed by atoms with Crippen LogP contribution in [0.1, 0.15) is 34.0 Å². The van der Waals surface area contributed by atoms with Crippen molar-refractivity contribution in [1.29, 1.82) is 0 Å². The Bertz CT molecular complexity index is 603. The predicted molar refractivity (Wildman–Crippen MR) is 81.0 cm³/mol. The van der Waals surface area contributed by atoms with Crippen molar-refractivity contribution < 1.29 is 25.1 Å². The molecule has 0 saturated carbocycles. The number of hydrogen-bond donors (Lipinski definition) is 0. The Kier molecular flexibility index (Phi) is 5.57. The van der Waals surface area contributed by atoms with Gasteiger partial charge in [0.15, 0.2) is 5.78 Å². The molecule has 0 heterocycles. The van der Waals surface area contributed by atoms with Crippen LogP contribution in [-0.4, -0.2) is 5.78 Å². The molecular weight excluding hydrogens is 246 g/mol. The van der Waals surface area contributed by atoms with E-state index >= 15 is 0 Å². The normalized spacial score (nSPS) is 9.89. The molecule has 1 nitrogen and oxygen atoms in total. The number of rotatable bonds is 2. The van der Waals surface area contributed by atoms with Gasteiger partial charge in [-0.05, 0) is 37.2 Å². The predicted octanol–water partition coefficient (Wildman–Crippen LogP) is 0.460. The average molecular weight is 264 g/mol. The molecule has 1 atom stereocenters. The third-order valence-electron chi connectivity index (χ3n) is 3.11. The van der Waals surface area contributed by atoms with Gasteiger partial charge in [0.05, 0.1) is 0 Å². The zero-order chi connectivity index (χ0) is 13.3. The molecule has 94 valence electrons. The number of carbonyl (C=O) groups excluding carboxylic acids is 1. The molecule has 2 rings (SSSR count). The van der Waals surface area contributed by atoms with Crippen molar-refractivity contribution >= 4 is 20.3 Å². The van der Waals surface area contributed by atoms with Gasteiger partial charge in [-0.2, -0.15) is 0 Å². The van der Waals surface area contributed by atoms with Gasteiger partial charge in [0.1, 0.15) is 0 Å². The van der Waals surface area contributed by atoms with Crippen LogP contribution >= 0.6 is 9.24 Å². The number of hydrogen-bond acceptors (Lipinski definition) is 1. The van der Waals surface area contributed by atoms with Crippen LogP contribution in [0.25, 0.3) is 0 Å². The van der Waals surface area contributed by atoms with Crippen LogP contribution in [-0.2, 0) is 0 Å². The maximum Gasteiger partial charge on any atom is 1.00 e. The molecule has 2 aromatic carbocycles. The third-order valence-corrected chi connectivity index (χ3v) is 3.61. The first-order valence-electron chi connectivity index (χ1n) is 5.97. The molecule has 0 aliphatic rings. The first-order valence-corrected chi connectivity index (χ1v) is 6.55. The molecule has 0 aliphatic carbocycles. The molecule has 0 fully saturated rings. The van der Waals surface area contributed by atoms with Gasteiger partial charge in [-0.15, -0.1) is 9.24 Å². The Morgan fingerprint density at radius 3 is 2.11 bits per heavy atom. The van der Waals surface area contributed by atoms with E-state index in [-0.39, 0.29) is 26.1 Å². The van der Waals surface area contributed by atoms with Crippen LogP contribution in [0.3, 0.4) is 0 Å². The molecule has 3 heteroatoms. The summed E-state index contributed by atoms with van der Waals surface area (Å²) >= 11 is 0. The first kappa shape index (κ1) is 16.2. The van der Waals surface area contributed by atoms with Crippen LogP contribution in [0.5, 0.6) is 0 Å². The second-order valence-corrected chi connectivity index (χ2v) is 5.31. The van der Waals surface area contributed by atoms with Crippen molar-refractivity contribution in [3.63, 3.8) is 0 Å². The van der Waals surface area contributed by atoms with Crippen molar-refractivity contribution in [1.82, 2.24) is 0 Å². The molecule has 0 spiro atoms. The van der Waals surface area contributed by atoms with Gasteiger partial charge in [-0.25, -0.2) is 0 Å². The zero-order valence-electron chi connectivity index (χ0n) is 12.9. The van der Waals surface area contributed by atoms with Crippen LogP contribution in [0.15, 0.2) is 36.4 Å². The van der Waals surface area contributed by atoms with Gasteiger partial charge in [-0.3, -0.25) is 4.79 Å². The number of aryl methyl sites for hydroxylation is 3. The topological polar surface area (TPSA) is 17.1 Å². The largest absolute Gasteiger partial charge is 1.00 e. The van der Waals surface area contributed by atoms with Gasteiger partial charge in [0.2, 0.25) is 0 Å². The smallest absolute Gasteiger partial charge is 1.00 e. The molecule has 1 unspecified atom stereocenters. The fourth-order valence-corrected chi connectivity index (χ4v) is 2.72. The van der Waals surface area contributed by atoms with E-state index in [4.69, 9.17) is 0 Å². The second kappa shape index (κ2) is 6.53. The van der Waals surface area contributed by atoms with Crippen LogP contribution in [0.4, 0.5) is 0 Å². The average Bonchev–Trinajstić information content (AvgIpc) is 2.27. The quantitative estimate of drug-likeness (QED) is 0.437. The van der Waals surface area contributed by atoms with E-state index in [1.165, 1.54) is 5.56 Å². The Morgan fingerprint density at radius 1 is 1.05 bits per heavy atom. The summed E-state index contributed by atoms with van der Waals surface area (Å²) in [5, 5.41) is 0.946. The second-order valence-electron chi connectivity index (χ2n) is 4.69. The van der Waals surface area contributed by atoms with E-state index < -0.39 is 0 Å². The van der Waals surface area contributed by atoms with E-state index in [0.717, 1.165) is 27.6 Å². The SMILES string of the molecule is Cc1cc(C)c(C(=O)c2ccccc2P)c(C)c1.[H-].[Li+]. The Hall–Kier alpha value is -0.863. The van der Waals surface area contributed by atoms with Gasteiger partial charge >= 0.3 is 18.9 Å². The monoisotopic (exact) mass is 264 g/mol. The fraction of sp³-hybridized carbons (Fsp3) is 0.188. The number of benzene rings is 2. The molecule has 19 heavy (non-hydrogen) atoms. The Labute approximate surface area is 130 Å². The van der Waals surface area contributed by atoms with Crippen molar-refractivity contribution in [2.24, 2.45) is 0 Å². The molecule has 0 amide bonds. The Balaban J connectivity index is 0.00000180. The molecule has 0 bridgehead atoms. The third kappa shape index (κ3) is 3.37. The first-order chi connectivity index (χ1) is 8.50. The van der Waals surface area contributed by atoms with Crippen LogP contribution in [0.2, 0.25) is 0 Å². The van der Waals surface area contributed by atoms with Crippen molar-refractivity contribution in [2.45, 2.75) is 20.8 Å². The summed E-state index contributed by atoms with van der Waals surface area (Å²) in [4.78, 5) is 12.6. The molecule has 0 radical (unpaired) electrons. The number of carbonyl (C=O) groups is 1. The van der Waals surface area contributed by atoms with E-state index in [1.807, 2.05) is 38.1 Å². The van der Waals surface area contributed by atoms with Crippen molar-refractivity contribution in [2.75, 3.05) is 0 Å². The molecule has 2 aromatic rings. The van der Waals surface area contributed by atoms with Crippen molar-refractivity contribution in [3.05, 3.63) is 64.2 Å². The van der Waals surface area contributed by atoms with Crippen molar-refractivity contribution in [3.8, 4) is 0 Å². The summed E-state index contributed by atoms with van der Waals surface area (Å²) in [6.07, 6.45) is 0. The summed E-state index contributed by atoms with van der Waals surface area (Å²) in [6, 6.07) is 11.8. The summed E-state index contributed by atoms with van der Waals surface area (Å²) in [5.74, 6) is 0.107. The molecule has 0 N–H and O–H groups in total. The fourth-order valence-electron chi connectivity index (χ4n) is 2.38. The molecule has 0 saturated heterocycles. The summed E-state index contributed by atoms with van der Waals surface area (Å²) < 4.78 is 0. The number of ketones is 1. The minimum Gasteiger partial charge on any atom is -1.00 e.